The number of rotatable bonds is 6. The predicted molar refractivity (Wildman–Crippen MR) is 71.4 cm³/mol. The normalized spacial score (nSPS) is 10.3. The summed E-state index contributed by atoms with van der Waals surface area (Å²) in [7, 11) is 1.32. The molecule has 0 atom stereocenters. The first-order chi connectivity index (χ1) is 9.04. The van der Waals surface area contributed by atoms with Gasteiger partial charge in [0, 0.05) is 24.9 Å². The fraction of sp³-hybridized carbons (Fsp3) is 0.500. The van der Waals surface area contributed by atoms with Gasteiger partial charge in [0.15, 0.2) is 0 Å². The Morgan fingerprint density at radius 1 is 1.32 bits per heavy atom. The molecule has 0 radical (unpaired) electrons. The Labute approximate surface area is 113 Å². The molecular formula is C14H20N2O3. The van der Waals surface area contributed by atoms with Gasteiger partial charge in [-0.25, -0.2) is 0 Å². The maximum Gasteiger partial charge on any atom is 0.325 e. The lowest BCUT2D eigenvalue weighted by Crippen LogP contribution is -2.41. The molecular weight excluding hydrogens is 244 g/mol. The van der Waals surface area contributed by atoms with E-state index in [1.165, 1.54) is 12.0 Å². The Morgan fingerprint density at radius 2 is 1.95 bits per heavy atom. The Morgan fingerprint density at radius 3 is 2.47 bits per heavy atom. The molecule has 1 rings (SSSR count). The Balaban J connectivity index is 2.55. The summed E-state index contributed by atoms with van der Waals surface area (Å²) in [6.45, 7) is 3.77. The molecule has 5 nitrogen and oxygen atoms in total. The number of methoxy groups -OCH3 is 1. The van der Waals surface area contributed by atoms with Crippen LogP contribution in [-0.4, -0.2) is 41.5 Å². The third kappa shape index (κ3) is 5.07. The second kappa shape index (κ2) is 7.51. The number of ether oxygens (including phenoxy) is 1. The van der Waals surface area contributed by atoms with E-state index in [4.69, 9.17) is 0 Å². The van der Waals surface area contributed by atoms with Gasteiger partial charge in [-0.3, -0.25) is 14.6 Å². The van der Waals surface area contributed by atoms with E-state index < -0.39 is 5.97 Å². The highest BCUT2D eigenvalue weighted by Crippen LogP contribution is 2.07. The predicted octanol–water partition coefficient (Wildman–Crippen LogP) is 1.42. The summed E-state index contributed by atoms with van der Waals surface area (Å²) in [6.07, 6.45) is 4.42. The number of carbonyl (C=O) groups excluding carboxylic acids is 2. The average Bonchev–Trinajstić information content (AvgIpc) is 2.42. The van der Waals surface area contributed by atoms with Gasteiger partial charge in [0.2, 0.25) is 5.91 Å². The first kappa shape index (κ1) is 15.1. The lowest BCUT2D eigenvalue weighted by atomic mass is 10.1. The summed E-state index contributed by atoms with van der Waals surface area (Å²) >= 11 is 0. The first-order valence-corrected chi connectivity index (χ1v) is 6.29. The molecule has 0 saturated heterocycles. The van der Waals surface area contributed by atoms with Crippen LogP contribution >= 0.6 is 0 Å². The zero-order chi connectivity index (χ0) is 14.3. The molecule has 1 heterocycles. The van der Waals surface area contributed by atoms with Crippen LogP contribution in [0.25, 0.3) is 0 Å². The summed E-state index contributed by atoms with van der Waals surface area (Å²) in [4.78, 5) is 28.9. The van der Waals surface area contributed by atoms with Crippen LogP contribution in [0.3, 0.4) is 0 Å². The van der Waals surface area contributed by atoms with Crippen molar-refractivity contribution in [3.05, 3.63) is 30.1 Å². The van der Waals surface area contributed by atoms with Crippen molar-refractivity contribution in [3.63, 3.8) is 0 Å². The zero-order valence-electron chi connectivity index (χ0n) is 11.6. The highest BCUT2D eigenvalue weighted by atomic mass is 16.5. The molecule has 1 aromatic heterocycles. The van der Waals surface area contributed by atoms with Crippen molar-refractivity contribution in [3.8, 4) is 0 Å². The third-order valence-corrected chi connectivity index (χ3v) is 2.85. The molecule has 0 fully saturated rings. The minimum Gasteiger partial charge on any atom is -0.468 e. The number of hydrogen-bond donors (Lipinski definition) is 0. The van der Waals surface area contributed by atoms with Crippen LogP contribution < -0.4 is 0 Å². The maximum absolute atomic E-state index is 12.1. The monoisotopic (exact) mass is 264 g/mol. The molecule has 104 valence electrons. The number of nitrogens with zero attached hydrogens (tertiary/aromatic N) is 2. The highest BCUT2D eigenvalue weighted by molar-refractivity contribution is 5.82. The van der Waals surface area contributed by atoms with Gasteiger partial charge in [0.1, 0.15) is 6.54 Å². The molecule has 1 amide bonds. The van der Waals surface area contributed by atoms with Gasteiger partial charge in [0.05, 0.1) is 7.11 Å². The van der Waals surface area contributed by atoms with E-state index in [9.17, 15) is 9.59 Å². The van der Waals surface area contributed by atoms with E-state index in [0.29, 0.717) is 12.8 Å². The first-order valence-electron chi connectivity index (χ1n) is 6.29. The molecule has 0 bridgehead atoms. The van der Waals surface area contributed by atoms with E-state index >= 15 is 0 Å². The minimum absolute atomic E-state index is 0.00332. The molecule has 0 aliphatic carbocycles. The van der Waals surface area contributed by atoms with Gasteiger partial charge in [-0.1, -0.05) is 0 Å². The lowest BCUT2D eigenvalue weighted by molar-refractivity contribution is -0.148. The second-order valence-electron chi connectivity index (χ2n) is 4.55. The average molecular weight is 264 g/mol. The van der Waals surface area contributed by atoms with Crippen LogP contribution in [-0.2, 0) is 20.7 Å². The van der Waals surface area contributed by atoms with Crippen LogP contribution in [0, 0.1) is 0 Å². The summed E-state index contributed by atoms with van der Waals surface area (Å²) in [5.74, 6) is -0.442. The van der Waals surface area contributed by atoms with Crippen molar-refractivity contribution in [1.82, 2.24) is 9.88 Å². The van der Waals surface area contributed by atoms with Gasteiger partial charge in [-0.05, 0) is 38.0 Å². The summed E-state index contributed by atoms with van der Waals surface area (Å²) in [6, 6.07) is 3.74. The molecule has 5 heteroatoms. The summed E-state index contributed by atoms with van der Waals surface area (Å²) in [5.41, 5.74) is 1.06. The molecule has 19 heavy (non-hydrogen) atoms. The van der Waals surface area contributed by atoms with Gasteiger partial charge in [0.25, 0.3) is 0 Å². The van der Waals surface area contributed by atoms with Crippen molar-refractivity contribution in [1.29, 1.82) is 0 Å². The van der Waals surface area contributed by atoms with Crippen LogP contribution in [0.1, 0.15) is 25.8 Å². The quantitative estimate of drug-likeness (QED) is 0.729. The Kier molecular flexibility index (Phi) is 5.99. The molecule has 0 aromatic carbocycles. The fourth-order valence-electron chi connectivity index (χ4n) is 1.71. The standard InChI is InChI=1S/C14H20N2O3/c1-11(2)16(10-14(18)19-3)13(17)5-4-12-6-8-15-9-7-12/h6-9,11H,4-5,10H2,1-3H3. The molecule has 1 aromatic rings. The third-order valence-electron chi connectivity index (χ3n) is 2.85. The van der Waals surface area contributed by atoms with E-state index in [1.54, 1.807) is 12.4 Å². The van der Waals surface area contributed by atoms with E-state index in [1.807, 2.05) is 26.0 Å². The van der Waals surface area contributed by atoms with Crippen LogP contribution in [0.5, 0.6) is 0 Å². The molecule has 0 saturated carbocycles. The van der Waals surface area contributed by atoms with Gasteiger partial charge in [-0.2, -0.15) is 0 Å². The number of carbonyl (C=O) groups is 2. The van der Waals surface area contributed by atoms with E-state index in [-0.39, 0.29) is 18.5 Å². The van der Waals surface area contributed by atoms with Gasteiger partial charge >= 0.3 is 5.97 Å². The van der Waals surface area contributed by atoms with Crippen LogP contribution in [0.2, 0.25) is 0 Å². The minimum atomic E-state index is -0.397. The van der Waals surface area contributed by atoms with Crippen LogP contribution in [0.15, 0.2) is 24.5 Å². The SMILES string of the molecule is COC(=O)CN(C(=O)CCc1ccncc1)C(C)C. The molecule has 0 spiro atoms. The molecule has 0 N–H and O–H groups in total. The van der Waals surface area contributed by atoms with Crippen molar-refractivity contribution in [2.24, 2.45) is 0 Å². The second-order valence-corrected chi connectivity index (χ2v) is 4.55. The molecule has 0 unspecified atom stereocenters. The van der Waals surface area contributed by atoms with Crippen molar-refractivity contribution < 1.29 is 14.3 Å². The molecule has 0 aliphatic heterocycles. The van der Waals surface area contributed by atoms with Gasteiger partial charge in [-0.15, -0.1) is 0 Å². The number of esters is 1. The van der Waals surface area contributed by atoms with Crippen molar-refractivity contribution in [2.75, 3.05) is 13.7 Å². The number of aromatic nitrogens is 1. The number of aryl methyl sites for hydroxylation is 1. The Bertz CT molecular complexity index is 418. The van der Waals surface area contributed by atoms with Crippen molar-refractivity contribution in [2.45, 2.75) is 32.7 Å². The van der Waals surface area contributed by atoms with Gasteiger partial charge < -0.3 is 9.64 Å². The molecule has 0 aliphatic rings. The van der Waals surface area contributed by atoms with E-state index in [0.717, 1.165) is 5.56 Å². The zero-order valence-corrected chi connectivity index (χ0v) is 11.6. The number of amides is 1. The smallest absolute Gasteiger partial charge is 0.325 e. The largest absolute Gasteiger partial charge is 0.468 e. The van der Waals surface area contributed by atoms with E-state index in [2.05, 4.69) is 9.72 Å². The summed E-state index contributed by atoms with van der Waals surface area (Å²) < 4.78 is 4.60. The summed E-state index contributed by atoms with van der Waals surface area (Å²) in [5, 5.41) is 0. The lowest BCUT2D eigenvalue weighted by Gasteiger charge is -2.25. The highest BCUT2D eigenvalue weighted by Gasteiger charge is 2.20. The maximum atomic E-state index is 12.1. The fourth-order valence-corrected chi connectivity index (χ4v) is 1.71. The Hall–Kier alpha value is -1.91. The van der Waals surface area contributed by atoms with Crippen LogP contribution in [0.4, 0.5) is 0 Å². The topological polar surface area (TPSA) is 59.5 Å². The number of pyridine rings is 1. The number of hydrogen-bond acceptors (Lipinski definition) is 4. The van der Waals surface area contributed by atoms with Crippen molar-refractivity contribution >= 4 is 11.9 Å².